The van der Waals surface area contributed by atoms with Crippen LogP contribution in [0.25, 0.3) is 22.6 Å². The van der Waals surface area contributed by atoms with Gasteiger partial charge in [0.25, 0.3) is 5.91 Å². The molecule has 4 rings (SSSR count). The van der Waals surface area contributed by atoms with Gasteiger partial charge >= 0.3 is 0 Å². The predicted molar refractivity (Wildman–Crippen MR) is 122 cm³/mol. The molecule has 1 amide bonds. The van der Waals surface area contributed by atoms with Crippen molar-refractivity contribution in [1.29, 1.82) is 0 Å². The summed E-state index contributed by atoms with van der Waals surface area (Å²) in [5.74, 6) is 0.901. The van der Waals surface area contributed by atoms with Crippen molar-refractivity contribution in [1.82, 2.24) is 4.98 Å². The number of hydrogen-bond acceptors (Lipinski definition) is 3. The predicted octanol–water partition coefficient (Wildman–Crippen LogP) is 6.88. The Morgan fingerprint density at radius 1 is 1.03 bits per heavy atom. The van der Waals surface area contributed by atoms with Crippen LogP contribution in [-0.2, 0) is 0 Å². The Morgan fingerprint density at radius 2 is 1.87 bits per heavy atom. The van der Waals surface area contributed by atoms with Gasteiger partial charge in [-0.3, -0.25) is 4.79 Å². The maximum absolute atomic E-state index is 12.6. The Kier molecular flexibility index (Phi) is 5.40. The van der Waals surface area contributed by atoms with Crippen molar-refractivity contribution in [2.45, 2.75) is 40.0 Å². The number of carbonyl (C=O) groups is 1. The summed E-state index contributed by atoms with van der Waals surface area (Å²) in [5, 5.41) is 2.97. The van der Waals surface area contributed by atoms with Crippen molar-refractivity contribution in [3.63, 3.8) is 0 Å². The lowest BCUT2D eigenvalue weighted by atomic mass is 9.98. The van der Waals surface area contributed by atoms with Gasteiger partial charge in [-0.05, 0) is 85.3 Å². The van der Waals surface area contributed by atoms with Gasteiger partial charge < -0.3 is 9.73 Å². The maximum atomic E-state index is 12.6. The summed E-state index contributed by atoms with van der Waals surface area (Å²) < 4.78 is 5.97. The highest BCUT2D eigenvalue weighted by atomic mass is 16.3. The van der Waals surface area contributed by atoms with Crippen LogP contribution < -0.4 is 5.32 Å². The topological polar surface area (TPSA) is 55.1 Å². The fourth-order valence-electron chi connectivity index (χ4n) is 3.43. The quantitative estimate of drug-likeness (QED) is 0.399. The molecule has 0 saturated carbocycles. The minimum absolute atomic E-state index is 0.133. The summed E-state index contributed by atoms with van der Waals surface area (Å²) in [6.45, 7) is 8.43. The lowest BCUT2D eigenvalue weighted by Gasteiger charge is -2.08. The molecule has 1 atom stereocenters. The number of carbonyl (C=O) groups excluding carboxylic acids is 1. The zero-order valence-electron chi connectivity index (χ0n) is 17.8. The smallest absolute Gasteiger partial charge is 0.255 e. The van der Waals surface area contributed by atoms with Crippen LogP contribution in [-0.4, -0.2) is 10.9 Å². The van der Waals surface area contributed by atoms with Crippen LogP contribution in [0.4, 0.5) is 5.69 Å². The SMILES string of the molecule is CC[C@@H](C)c1ccc2oc(-c3cccc(NC(=O)c4ccc(C)c(C)c4)c3)nc2c1. The van der Waals surface area contributed by atoms with E-state index in [0.29, 0.717) is 23.1 Å². The van der Waals surface area contributed by atoms with Crippen molar-refractivity contribution in [2.24, 2.45) is 0 Å². The summed E-state index contributed by atoms with van der Waals surface area (Å²) in [4.78, 5) is 17.3. The van der Waals surface area contributed by atoms with Gasteiger partial charge in [-0.25, -0.2) is 4.98 Å². The van der Waals surface area contributed by atoms with Gasteiger partial charge in [-0.1, -0.05) is 32.0 Å². The first-order chi connectivity index (χ1) is 14.4. The van der Waals surface area contributed by atoms with E-state index in [0.717, 1.165) is 28.6 Å². The summed E-state index contributed by atoms with van der Waals surface area (Å²) in [6, 6.07) is 19.5. The standard InChI is InChI=1S/C26H26N2O2/c1-5-16(2)19-11-12-24-23(15-19)28-26(30-24)21-7-6-8-22(14-21)27-25(29)20-10-9-17(3)18(4)13-20/h6-16H,5H2,1-4H3,(H,27,29)/t16-/m1/s1. The largest absolute Gasteiger partial charge is 0.436 e. The number of nitrogens with zero attached hydrogens (tertiary/aromatic N) is 1. The second-order valence-corrected chi connectivity index (χ2v) is 7.89. The average molecular weight is 399 g/mol. The van der Waals surface area contributed by atoms with Gasteiger partial charge in [-0.15, -0.1) is 0 Å². The van der Waals surface area contributed by atoms with Crippen LogP contribution in [0.15, 0.2) is 65.1 Å². The number of anilines is 1. The number of benzene rings is 3. The zero-order chi connectivity index (χ0) is 21.3. The van der Waals surface area contributed by atoms with Gasteiger partial charge in [-0.2, -0.15) is 0 Å². The molecule has 0 radical (unpaired) electrons. The maximum Gasteiger partial charge on any atom is 0.255 e. The van der Waals surface area contributed by atoms with Gasteiger partial charge in [0.1, 0.15) is 5.52 Å². The average Bonchev–Trinajstić information content (AvgIpc) is 3.18. The molecule has 0 saturated heterocycles. The molecule has 0 bridgehead atoms. The van der Waals surface area contributed by atoms with Gasteiger partial charge in [0.05, 0.1) is 0 Å². The number of oxazole rings is 1. The molecule has 1 aromatic heterocycles. The van der Waals surface area contributed by atoms with Crippen molar-refractivity contribution in [3.05, 3.63) is 82.9 Å². The highest BCUT2D eigenvalue weighted by Crippen LogP contribution is 2.29. The number of hydrogen-bond donors (Lipinski definition) is 1. The van der Waals surface area contributed by atoms with E-state index in [-0.39, 0.29) is 5.91 Å². The van der Waals surface area contributed by atoms with Crippen molar-refractivity contribution >= 4 is 22.7 Å². The molecule has 0 aliphatic rings. The summed E-state index contributed by atoms with van der Waals surface area (Å²) >= 11 is 0. The minimum atomic E-state index is -0.133. The molecule has 0 unspecified atom stereocenters. The van der Waals surface area contributed by atoms with Crippen LogP contribution in [0.3, 0.4) is 0 Å². The Bertz CT molecular complexity index is 1220. The van der Waals surface area contributed by atoms with E-state index in [4.69, 9.17) is 4.42 Å². The van der Waals surface area contributed by atoms with Crippen LogP contribution in [0.5, 0.6) is 0 Å². The van der Waals surface area contributed by atoms with Gasteiger partial charge in [0.15, 0.2) is 5.58 Å². The minimum Gasteiger partial charge on any atom is -0.436 e. The third-order valence-electron chi connectivity index (χ3n) is 5.73. The second-order valence-electron chi connectivity index (χ2n) is 7.89. The molecule has 0 aliphatic heterocycles. The Morgan fingerprint density at radius 3 is 2.63 bits per heavy atom. The van der Waals surface area contributed by atoms with E-state index in [9.17, 15) is 4.79 Å². The molecule has 4 nitrogen and oxygen atoms in total. The van der Waals surface area contributed by atoms with E-state index in [1.807, 2.05) is 62.4 Å². The fraction of sp³-hybridized carbons (Fsp3) is 0.231. The molecule has 30 heavy (non-hydrogen) atoms. The number of aryl methyl sites for hydroxylation is 2. The van der Waals surface area contributed by atoms with Crippen LogP contribution in [0.2, 0.25) is 0 Å². The lowest BCUT2D eigenvalue weighted by molar-refractivity contribution is 0.102. The zero-order valence-corrected chi connectivity index (χ0v) is 17.8. The molecular formula is C26H26N2O2. The third kappa shape index (κ3) is 3.99. The number of rotatable bonds is 5. The van der Waals surface area contributed by atoms with E-state index >= 15 is 0 Å². The molecule has 0 fully saturated rings. The fourth-order valence-corrected chi connectivity index (χ4v) is 3.43. The van der Waals surface area contributed by atoms with Crippen molar-refractivity contribution in [2.75, 3.05) is 5.32 Å². The summed E-state index contributed by atoms with van der Waals surface area (Å²) in [5.41, 5.74) is 7.32. The van der Waals surface area contributed by atoms with Crippen molar-refractivity contribution < 1.29 is 9.21 Å². The summed E-state index contributed by atoms with van der Waals surface area (Å²) in [7, 11) is 0. The molecule has 1 heterocycles. The highest BCUT2D eigenvalue weighted by Gasteiger charge is 2.13. The van der Waals surface area contributed by atoms with E-state index in [1.54, 1.807) is 0 Å². The Labute approximate surface area is 177 Å². The van der Waals surface area contributed by atoms with E-state index < -0.39 is 0 Å². The first-order valence-corrected chi connectivity index (χ1v) is 10.3. The normalized spacial score (nSPS) is 12.1. The molecule has 4 aromatic rings. The molecule has 4 heteroatoms. The molecule has 1 N–H and O–H groups in total. The first kappa shape index (κ1) is 19.9. The van der Waals surface area contributed by atoms with Crippen LogP contribution in [0, 0.1) is 13.8 Å². The van der Waals surface area contributed by atoms with Crippen LogP contribution in [0.1, 0.15) is 53.2 Å². The number of amides is 1. The molecule has 0 spiro atoms. The summed E-state index contributed by atoms with van der Waals surface area (Å²) in [6.07, 6.45) is 1.08. The van der Waals surface area contributed by atoms with E-state index in [1.165, 1.54) is 11.1 Å². The lowest BCUT2D eigenvalue weighted by Crippen LogP contribution is -2.12. The molecular weight excluding hydrogens is 372 g/mol. The Balaban J connectivity index is 1.59. The molecule has 3 aromatic carbocycles. The van der Waals surface area contributed by atoms with Gasteiger partial charge in [0.2, 0.25) is 5.89 Å². The van der Waals surface area contributed by atoms with E-state index in [2.05, 4.69) is 36.3 Å². The number of aromatic nitrogens is 1. The molecule has 152 valence electrons. The van der Waals surface area contributed by atoms with Crippen LogP contribution >= 0.6 is 0 Å². The third-order valence-corrected chi connectivity index (χ3v) is 5.73. The second kappa shape index (κ2) is 8.15. The van der Waals surface area contributed by atoms with Gasteiger partial charge in [0, 0.05) is 16.8 Å². The molecule has 0 aliphatic carbocycles. The first-order valence-electron chi connectivity index (χ1n) is 10.3. The highest BCUT2D eigenvalue weighted by molar-refractivity contribution is 6.04. The van der Waals surface area contributed by atoms with Crippen molar-refractivity contribution in [3.8, 4) is 11.5 Å². The number of fused-ring (bicyclic) bond motifs is 1. The monoisotopic (exact) mass is 398 g/mol. The number of nitrogens with one attached hydrogen (secondary N) is 1. The Hall–Kier alpha value is -3.40.